The number of hydrogen-bond donors (Lipinski definition) is 0. The van der Waals surface area contributed by atoms with Crippen LogP contribution in [0, 0.1) is 16.7 Å². The lowest BCUT2D eigenvalue weighted by Gasteiger charge is -2.56. The van der Waals surface area contributed by atoms with E-state index in [1.54, 1.807) is 0 Å². The fourth-order valence-corrected chi connectivity index (χ4v) is 5.49. The molecule has 2 aliphatic carbocycles. The van der Waals surface area contributed by atoms with Gasteiger partial charge in [0.05, 0.1) is 6.61 Å². The Labute approximate surface area is 142 Å². The average molecular weight is 321 g/mol. The quantitative estimate of drug-likeness (QED) is 0.772. The molecule has 0 bridgehead atoms. The summed E-state index contributed by atoms with van der Waals surface area (Å²) in [4.78, 5) is 5.56. The Morgan fingerprint density at radius 1 is 0.957 bits per heavy atom. The van der Waals surface area contributed by atoms with Crippen LogP contribution in [0.2, 0.25) is 0 Å². The highest BCUT2D eigenvalue weighted by Crippen LogP contribution is 2.53. The first-order valence-electron chi connectivity index (χ1n) is 10.1. The van der Waals surface area contributed by atoms with Crippen LogP contribution in [0.15, 0.2) is 0 Å². The van der Waals surface area contributed by atoms with Gasteiger partial charge in [-0.1, -0.05) is 6.92 Å². The van der Waals surface area contributed by atoms with Crippen molar-refractivity contribution in [3.8, 4) is 0 Å². The van der Waals surface area contributed by atoms with Crippen molar-refractivity contribution in [2.24, 2.45) is 16.7 Å². The molecule has 0 N–H and O–H groups in total. The molecule has 4 rings (SSSR count). The van der Waals surface area contributed by atoms with Crippen molar-refractivity contribution in [2.75, 3.05) is 46.4 Å². The van der Waals surface area contributed by atoms with Crippen LogP contribution in [-0.4, -0.2) is 62.3 Å². The minimum atomic E-state index is 0.534. The van der Waals surface area contributed by atoms with Gasteiger partial charge in [0, 0.05) is 25.1 Å². The van der Waals surface area contributed by atoms with Crippen LogP contribution in [0.4, 0.5) is 0 Å². The zero-order chi connectivity index (χ0) is 15.9. The first kappa shape index (κ1) is 16.4. The molecule has 132 valence electrons. The second kappa shape index (κ2) is 6.31. The number of rotatable bonds is 5. The summed E-state index contributed by atoms with van der Waals surface area (Å²) in [5.74, 6) is 0.963. The van der Waals surface area contributed by atoms with Gasteiger partial charge in [-0.15, -0.1) is 0 Å². The molecule has 0 aromatic heterocycles. The molecule has 23 heavy (non-hydrogen) atoms. The molecule has 0 amide bonds. The van der Waals surface area contributed by atoms with Crippen molar-refractivity contribution in [1.29, 1.82) is 0 Å². The maximum Gasteiger partial charge on any atom is 0.0530 e. The van der Waals surface area contributed by atoms with Crippen molar-refractivity contribution in [2.45, 2.75) is 64.3 Å². The van der Waals surface area contributed by atoms with Crippen molar-refractivity contribution in [3.05, 3.63) is 0 Å². The molecular formula is C20H36N2O. The summed E-state index contributed by atoms with van der Waals surface area (Å²) >= 11 is 0. The molecule has 3 heteroatoms. The molecule has 2 saturated carbocycles. The van der Waals surface area contributed by atoms with Crippen molar-refractivity contribution < 1.29 is 4.74 Å². The number of piperidine rings is 2. The van der Waals surface area contributed by atoms with Gasteiger partial charge in [-0.05, 0) is 88.9 Å². The van der Waals surface area contributed by atoms with Gasteiger partial charge in [-0.2, -0.15) is 0 Å². The Morgan fingerprint density at radius 2 is 1.61 bits per heavy atom. The van der Waals surface area contributed by atoms with Crippen LogP contribution in [-0.2, 0) is 4.74 Å². The minimum absolute atomic E-state index is 0.534. The number of methoxy groups -OCH3 is 1. The summed E-state index contributed by atoms with van der Waals surface area (Å²) in [6.07, 6.45) is 11.5. The van der Waals surface area contributed by atoms with Gasteiger partial charge in [-0.3, -0.25) is 0 Å². The molecule has 3 nitrogen and oxygen atoms in total. The SMILES string of the molecule is COCC1(CN2CCC3(CC2)CC(N2CCC(C)CC2)C3)CC1. The van der Waals surface area contributed by atoms with E-state index in [-0.39, 0.29) is 0 Å². The lowest BCUT2D eigenvalue weighted by atomic mass is 9.59. The average Bonchev–Trinajstić information content (AvgIpc) is 3.27. The third-order valence-corrected chi connectivity index (χ3v) is 7.56. The van der Waals surface area contributed by atoms with E-state index in [1.165, 1.54) is 84.1 Å². The highest BCUT2D eigenvalue weighted by atomic mass is 16.5. The van der Waals surface area contributed by atoms with Crippen molar-refractivity contribution in [1.82, 2.24) is 9.80 Å². The predicted octanol–water partition coefficient (Wildman–Crippen LogP) is 3.39. The van der Waals surface area contributed by atoms with Crippen LogP contribution in [0.25, 0.3) is 0 Å². The van der Waals surface area contributed by atoms with Crippen molar-refractivity contribution >= 4 is 0 Å². The highest BCUT2D eigenvalue weighted by Gasteiger charge is 2.50. The third kappa shape index (κ3) is 3.48. The molecular weight excluding hydrogens is 284 g/mol. The van der Waals surface area contributed by atoms with Crippen LogP contribution in [0.5, 0.6) is 0 Å². The van der Waals surface area contributed by atoms with E-state index in [0.717, 1.165) is 24.0 Å². The van der Waals surface area contributed by atoms with Gasteiger partial charge in [-0.25, -0.2) is 0 Å². The van der Waals surface area contributed by atoms with Crippen LogP contribution >= 0.6 is 0 Å². The zero-order valence-corrected chi connectivity index (χ0v) is 15.4. The van der Waals surface area contributed by atoms with Crippen molar-refractivity contribution in [3.63, 3.8) is 0 Å². The van der Waals surface area contributed by atoms with E-state index in [9.17, 15) is 0 Å². The van der Waals surface area contributed by atoms with Crippen LogP contribution in [0.3, 0.4) is 0 Å². The lowest BCUT2D eigenvalue weighted by molar-refractivity contribution is -0.0549. The summed E-state index contributed by atoms with van der Waals surface area (Å²) in [5.41, 5.74) is 1.26. The molecule has 0 aromatic rings. The Bertz CT molecular complexity index is 396. The predicted molar refractivity (Wildman–Crippen MR) is 94.6 cm³/mol. The van der Waals surface area contributed by atoms with E-state index in [4.69, 9.17) is 4.74 Å². The van der Waals surface area contributed by atoms with Crippen LogP contribution in [0.1, 0.15) is 58.3 Å². The first-order valence-corrected chi connectivity index (χ1v) is 10.1. The topological polar surface area (TPSA) is 15.7 Å². The Balaban J connectivity index is 1.20. The Hall–Kier alpha value is -0.120. The minimum Gasteiger partial charge on any atom is -0.384 e. The van der Waals surface area contributed by atoms with Crippen LogP contribution < -0.4 is 0 Å². The van der Waals surface area contributed by atoms with E-state index in [2.05, 4.69) is 16.7 Å². The maximum absolute atomic E-state index is 5.44. The second-order valence-electron chi connectivity index (χ2n) is 9.49. The zero-order valence-electron chi connectivity index (χ0n) is 15.4. The molecule has 2 aliphatic heterocycles. The number of ether oxygens (including phenoxy) is 1. The Kier molecular flexibility index (Phi) is 4.49. The number of likely N-dealkylation sites (tertiary alicyclic amines) is 2. The summed E-state index contributed by atoms with van der Waals surface area (Å²) in [7, 11) is 1.86. The van der Waals surface area contributed by atoms with Gasteiger partial charge >= 0.3 is 0 Å². The van der Waals surface area contributed by atoms with E-state index in [1.807, 2.05) is 7.11 Å². The normalized spacial score (nSPS) is 32.1. The van der Waals surface area contributed by atoms with E-state index in [0.29, 0.717) is 5.41 Å². The monoisotopic (exact) mass is 320 g/mol. The van der Waals surface area contributed by atoms with Gasteiger partial charge in [0.2, 0.25) is 0 Å². The summed E-state index contributed by atoms with van der Waals surface area (Å²) in [6.45, 7) is 10.1. The first-order chi connectivity index (χ1) is 11.1. The molecule has 2 heterocycles. The lowest BCUT2D eigenvalue weighted by Crippen LogP contribution is -2.56. The summed E-state index contributed by atoms with van der Waals surface area (Å²) in [5, 5.41) is 0. The number of nitrogens with zero attached hydrogens (tertiary/aromatic N) is 2. The Morgan fingerprint density at radius 3 is 2.17 bits per heavy atom. The molecule has 1 spiro atoms. The molecule has 4 aliphatic rings. The van der Waals surface area contributed by atoms with Gasteiger partial charge in [0.25, 0.3) is 0 Å². The largest absolute Gasteiger partial charge is 0.384 e. The molecule has 4 fully saturated rings. The number of hydrogen-bond acceptors (Lipinski definition) is 3. The summed E-state index contributed by atoms with van der Waals surface area (Å²) in [6, 6.07) is 0.928. The van der Waals surface area contributed by atoms with Gasteiger partial charge in [0.1, 0.15) is 0 Å². The van der Waals surface area contributed by atoms with E-state index < -0.39 is 0 Å². The molecule has 0 unspecified atom stereocenters. The van der Waals surface area contributed by atoms with Gasteiger partial charge < -0.3 is 14.5 Å². The second-order valence-corrected chi connectivity index (χ2v) is 9.49. The smallest absolute Gasteiger partial charge is 0.0530 e. The molecule has 0 aromatic carbocycles. The van der Waals surface area contributed by atoms with E-state index >= 15 is 0 Å². The maximum atomic E-state index is 5.44. The highest BCUT2D eigenvalue weighted by molar-refractivity contribution is 5.03. The standard InChI is InChI=1S/C20H36N2O/c1-17-3-9-22(10-4-17)18-13-19(14-18)7-11-21(12-8-19)15-20(5-6-20)16-23-2/h17-18H,3-16H2,1-2H3. The fourth-order valence-electron chi connectivity index (χ4n) is 5.49. The molecule has 0 radical (unpaired) electrons. The van der Waals surface area contributed by atoms with Gasteiger partial charge in [0.15, 0.2) is 0 Å². The third-order valence-electron chi connectivity index (χ3n) is 7.56. The summed E-state index contributed by atoms with van der Waals surface area (Å²) < 4.78 is 5.44. The fraction of sp³-hybridized carbons (Fsp3) is 1.00. The molecule has 0 atom stereocenters. The molecule has 2 saturated heterocycles.